The van der Waals surface area contributed by atoms with E-state index >= 15 is 0 Å². The number of nitrogens with one attached hydrogen (secondary N) is 1. The Hall–Kier alpha value is -3.12. The van der Waals surface area contributed by atoms with Gasteiger partial charge in [-0.2, -0.15) is 4.98 Å². The summed E-state index contributed by atoms with van der Waals surface area (Å²) in [6.07, 6.45) is 0.187. The molecule has 0 spiro atoms. The van der Waals surface area contributed by atoms with Crippen LogP contribution in [0.15, 0.2) is 64.4 Å². The summed E-state index contributed by atoms with van der Waals surface area (Å²) < 4.78 is 11.2. The quantitative estimate of drug-likeness (QED) is 0.546. The van der Waals surface area contributed by atoms with Gasteiger partial charge in [0.05, 0.1) is 4.88 Å². The van der Waals surface area contributed by atoms with Gasteiger partial charge in [-0.05, 0) is 60.3 Å². The minimum absolute atomic E-state index is 0.111. The number of carbonyl (C=O) groups excluding carboxylic acids is 1. The van der Waals surface area contributed by atoms with Gasteiger partial charge in [-0.25, -0.2) is 0 Å². The van der Waals surface area contributed by atoms with Crippen LogP contribution in [0.4, 0.5) is 5.69 Å². The van der Waals surface area contributed by atoms with Crippen molar-refractivity contribution >= 4 is 34.0 Å². The number of anilines is 1. The molecule has 0 unspecified atom stereocenters. The predicted octanol–water partition coefficient (Wildman–Crippen LogP) is 5.24. The zero-order valence-electron chi connectivity index (χ0n) is 13.4. The number of ether oxygens (including phenoxy) is 1. The molecule has 0 saturated heterocycles. The lowest BCUT2D eigenvalue weighted by molar-refractivity contribution is 0.103. The molecule has 0 aliphatic rings. The molecular formula is C19H14N2O3S. The Bertz CT molecular complexity index is 1000. The minimum Gasteiger partial charge on any atom is -0.411 e. The topological polar surface area (TPSA) is 64.4 Å². The summed E-state index contributed by atoms with van der Waals surface area (Å²) in [5, 5.41) is 4.78. The highest BCUT2D eigenvalue weighted by molar-refractivity contribution is 7.12. The molecule has 4 rings (SSSR count). The zero-order chi connectivity index (χ0) is 17.2. The van der Waals surface area contributed by atoms with Crippen molar-refractivity contribution in [3.8, 4) is 11.8 Å². The van der Waals surface area contributed by atoms with Gasteiger partial charge in [0.2, 0.25) is 0 Å². The molecule has 0 bridgehead atoms. The van der Waals surface area contributed by atoms with Crippen LogP contribution in [0.5, 0.6) is 11.8 Å². The fourth-order valence-electron chi connectivity index (χ4n) is 2.40. The van der Waals surface area contributed by atoms with E-state index in [0.29, 0.717) is 21.9 Å². The number of amides is 1. The van der Waals surface area contributed by atoms with Crippen molar-refractivity contribution in [2.75, 3.05) is 5.32 Å². The summed E-state index contributed by atoms with van der Waals surface area (Å²) in [5.74, 6) is 0.469. The number of benzene rings is 2. The molecule has 0 aliphatic carbocycles. The second kappa shape index (κ2) is 6.41. The maximum absolute atomic E-state index is 12.2. The Labute approximate surface area is 147 Å². The number of carbonyl (C=O) groups is 1. The van der Waals surface area contributed by atoms with Crippen molar-refractivity contribution in [1.82, 2.24) is 4.98 Å². The van der Waals surface area contributed by atoms with E-state index in [1.807, 2.05) is 42.6 Å². The van der Waals surface area contributed by atoms with E-state index in [1.54, 1.807) is 24.3 Å². The number of fused-ring (bicyclic) bond motifs is 1. The van der Waals surface area contributed by atoms with Gasteiger partial charge in [0.1, 0.15) is 11.3 Å². The molecule has 5 nitrogen and oxygen atoms in total. The number of para-hydroxylation sites is 2. The molecule has 0 atom stereocenters. The third-order valence-electron chi connectivity index (χ3n) is 3.66. The Morgan fingerprint density at radius 1 is 1.12 bits per heavy atom. The van der Waals surface area contributed by atoms with Crippen LogP contribution in [-0.2, 0) is 0 Å². The predicted molar refractivity (Wildman–Crippen MR) is 97.5 cm³/mol. The maximum atomic E-state index is 12.2. The molecule has 4 aromatic rings. The van der Waals surface area contributed by atoms with Crippen LogP contribution < -0.4 is 10.1 Å². The molecule has 0 radical (unpaired) electrons. The number of aryl methyl sites for hydroxylation is 1. The van der Waals surface area contributed by atoms with Crippen LogP contribution in [0.1, 0.15) is 15.2 Å². The lowest BCUT2D eigenvalue weighted by Gasteiger charge is -2.06. The van der Waals surface area contributed by atoms with E-state index in [2.05, 4.69) is 10.3 Å². The third kappa shape index (κ3) is 3.25. The molecule has 2 aromatic carbocycles. The largest absolute Gasteiger partial charge is 0.411 e. The Balaban J connectivity index is 1.46. The SMILES string of the molecule is Cc1ccsc1C(=O)Nc1ccc(Oc2nc3ccccc3o2)cc1. The van der Waals surface area contributed by atoms with Crippen LogP contribution in [0.25, 0.3) is 11.1 Å². The van der Waals surface area contributed by atoms with E-state index in [4.69, 9.17) is 9.15 Å². The van der Waals surface area contributed by atoms with Crippen molar-refractivity contribution in [2.45, 2.75) is 6.92 Å². The molecular weight excluding hydrogens is 336 g/mol. The number of hydrogen-bond acceptors (Lipinski definition) is 5. The molecule has 0 aliphatic heterocycles. The number of oxazole rings is 1. The summed E-state index contributed by atoms with van der Waals surface area (Å²) in [4.78, 5) is 17.2. The fraction of sp³-hybridized carbons (Fsp3) is 0.0526. The van der Waals surface area contributed by atoms with Crippen molar-refractivity contribution in [3.05, 3.63) is 70.4 Å². The molecule has 1 amide bonds. The first-order valence-electron chi connectivity index (χ1n) is 7.68. The highest BCUT2D eigenvalue weighted by atomic mass is 32.1. The van der Waals surface area contributed by atoms with Crippen molar-refractivity contribution in [1.29, 1.82) is 0 Å². The first-order valence-corrected chi connectivity index (χ1v) is 8.56. The lowest BCUT2D eigenvalue weighted by Crippen LogP contribution is -2.11. The van der Waals surface area contributed by atoms with E-state index < -0.39 is 0 Å². The van der Waals surface area contributed by atoms with Gasteiger partial charge >= 0.3 is 6.08 Å². The molecule has 2 heterocycles. The average Bonchev–Trinajstić information content (AvgIpc) is 3.22. The Morgan fingerprint density at radius 2 is 1.92 bits per heavy atom. The first kappa shape index (κ1) is 15.4. The van der Waals surface area contributed by atoms with Gasteiger partial charge in [-0.1, -0.05) is 12.1 Å². The van der Waals surface area contributed by atoms with Crippen LogP contribution >= 0.6 is 11.3 Å². The van der Waals surface area contributed by atoms with Crippen LogP contribution in [-0.4, -0.2) is 10.9 Å². The van der Waals surface area contributed by atoms with Crippen molar-refractivity contribution in [2.24, 2.45) is 0 Å². The molecule has 0 saturated carbocycles. The molecule has 6 heteroatoms. The van der Waals surface area contributed by atoms with Crippen molar-refractivity contribution < 1.29 is 13.9 Å². The molecule has 124 valence electrons. The number of aromatic nitrogens is 1. The van der Waals surface area contributed by atoms with Gasteiger partial charge in [-0.15, -0.1) is 11.3 Å². The normalized spacial score (nSPS) is 10.8. The fourth-order valence-corrected chi connectivity index (χ4v) is 3.22. The second-order valence-electron chi connectivity index (χ2n) is 5.46. The first-order chi connectivity index (χ1) is 12.2. The monoisotopic (exact) mass is 350 g/mol. The average molecular weight is 350 g/mol. The minimum atomic E-state index is -0.111. The van der Waals surface area contributed by atoms with E-state index in [0.717, 1.165) is 11.1 Å². The number of hydrogen-bond donors (Lipinski definition) is 1. The maximum Gasteiger partial charge on any atom is 0.400 e. The molecule has 2 aromatic heterocycles. The van der Waals surface area contributed by atoms with Crippen molar-refractivity contribution in [3.63, 3.8) is 0 Å². The summed E-state index contributed by atoms with van der Waals surface area (Å²) in [6, 6.07) is 16.5. The standard InChI is InChI=1S/C19H14N2O3S/c1-12-10-11-25-17(12)18(22)20-13-6-8-14(9-7-13)23-19-21-15-4-2-3-5-16(15)24-19/h2-11H,1H3,(H,20,22). The summed E-state index contributed by atoms with van der Waals surface area (Å²) >= 11 is 1.43. The number of nitrogens with zero attached hydrogens (tertiary/aromatic N) is 1. The van der Waals surface area contributed by atoms with Gasteiger partial charge < -0.3 is 14.5 Å². The summed E-state index contributed by atoms with van der Waals surface area (Å²) in [6.45, 7) is 1.92. The van der Waals surface area contributed by atoms with E-state index in [1.165, 1.54) is 11.3 Å². The van der Waals surface area contributed by atoms with Crippen LogP contribution in [0.3, 0.4) is 0 Å². The second-order valence-corrected chi connectivity index (χ2v) is 6.38. The summed E-state index contributed by atoms with van der Waals surface area (Å²) in [7, 11) is 0. The molecule has 25 heavy (non-hydrogen) atoms. The Kier molecular flexibility index (Phi) is 3.95. The molecule has 0 fully saturated rings. The number of rotatable bonds is 4. The number of thiophene rings is 1. The smallest absolute Gasteiger partial charge is 0.400 e. The highest BCUT2D eigenvalue weighted by Crippen LogP contribution is 2.26. The van der Waals surface area contributed by atoms with E-state index in [-0.39, 0.29) is 12.0 Å². The lowest BCUT2D eigenvalue weighted by atomic mass is 10.2. The zero-order valence-corrected chi connectivity index (χ0v) is 14.2. The third-order valence-corrected chi connectivity index (χ3v) is 4.68. The van der Waals surface area contributed by atoms with Gasteiger partial charge in [0.25, 0.3) is 5.91 Å². The summed E-state index contributed by atoms with van der Waals surface area (Å²) in [5.41, 5.74) is 3.08. The highest BCUT2D eigenvalue weighted by Gasteiger charge is 2.11. The Morgan fingerprint density at radius 3 is 2.64 bits per heavy atom. The van der Waals surface area contributed by atoms with Crippen LogP contribution in [0, 0.1) is 6.92 Å². The van der Waals surface area contributed by atoms with Gasteiger partial charge in [-0.3, -0.25) is 4.79 Å². The van der Waals surface area contributed by atoms with Gasteiger partial charge in [0.15, 0.2) is 5.58 Å². The molecule has 1 N–H and O–H groups in total. The van der Waals surface area contributed by atoms with Crippen LogP contribution in [0.2, 0.25) is 0 Å². The van der Waals surface area contributed by atoms with Gasteiger partial charge in [0, 0.05) is 5.69 Å². The van der Waals surface area contributed by atoms with E-state index in [9.17, 15) is 4.79 Å².